The van der Waals surface area contributed by atoms with Crippen LogP contribution in [-0.2, 0) is 11.8 Å². The number of amides is 2. The van der Waals surface area contributed by atoms with Gasteiger partial charge in [0.05, 0.1) is 11.0 Å². The highest BCUT2D eigenvalue weighted by Gasteiger charge is 2.11. The number of aromatic nitrogens is 2. The number of halogens is 1. The topological polar surface area (TPSA) is 76.0 Å². The maximum Gasteiger partial charge on any atom is 0.251 e. The smallest absolute Gasteiger partial charge is 0.251 e. The van der Waals surface area contributed by atoms with Crippen LogP contribution in [0, 0.1) is 13.8 Å². The van der Waals surface area contributed by atoms with Crippen molar-refractivity contribution < 1.29 is 9.59 Å². The van der Waals surface area contributed by atoms with E-state index in [1.807, 2.05) is 32.0 Å². The summed E-state index contributed by atoms with van der Waals surface area (Å²) in [5.74, 6) is -0.383. The normalized spacial score (nSPS) is 10.8. The van der Waals surface area contributed by atoms with Crippen LogP contribution in [0.4, 0.5) is 5.69 Å². The number of imidazole rings is 1. The van der Waals surface area contributed by atoms with Crippen molar-refractivity contribution in [2.45, 2.75) is 20.3 Å². The molecule has 3 rings (SSSR count). The largest absolute Gasteiger partial charge is 0.352 e. The monoisotopic (exact) mass is 384 g/mol. The Labute approximate surface area is 162 Å². The summed E-state index contributed by atoms with van der Waals surface area (Å²) in [6.07, 6.45) is 0.193. The molecule has 0 atom stereocenters. The lowest BCUT2D eigenvalue weighted by molar-refractivity contribution is -0.116. The highest BCUT2D eigenvalue weighted by atomic mass is 35.5. The summed E-state index contributed by atoms with van der Waals surface area (Å²) in [7, 11) is 1.79. The third kappa shape index (κ3) is 4.28. The first-order chi connectivity index (χ1) is 12.8. The predicted octanol–water partition coefficient (Wildman–Crippen LogP) is 3.60. The van der Waals surface area contributed by atoms with Gasteiger partial charge in [0.15, 0.2) is 0 Å². The second-order valence-electron chi connectivity index (χ2n) is 6.52. The molecule has 0 bridgehead atoms. The van der Waals surface area contributed by atoms with Crippen molar-refractivity contribution >= 4 is 40.1 Å². The number of nitrogens with zero attached hydrogens (tertiary/aromatic N) is 2. The van der Waals surface area contributed by atoms with E-state index < -0.39 is 0 Å². The average molecular weight is 385 g/mol. The number of nitrogens with one attached hydrogen (secondary N) is 2. The fourth-order valence-electron chi connectivity index (χ4n) is 2.78. The number of benzene rings is 2. The van der Waals surface area contributed by atoms with E-state index in [1.54, 1.807) is 29.8 Å². The maximum absolute atomic E-state index is 12.3. The highest BCUT2D eigenvalue weighted by Crippen LogP contribution is 2.19. The second kappa shape index (κ2) is 7.80. The van der Waals surface area contributed by atoms with Gasteiger partial charge in [-0.25, -0.2) is 4.98 Å². The molecule has 0 saturated heterocycles. The van der Waals surface area contributed by atoms with Crippen molar-refractivity contribution in [3.8, 4) is 0 Å². The molecule has 0 fully saturated rings. The van der Waals surface area contributed by atoms with Crippen LogP contribution in [0.1, 0.15) is 27.9 Å². The maximum atomic E-state index is 12.3. The van der Waals surface area contributed by atoms with Gasteiger partial charge in [0.25, 0.3) is 5.91 Å². The highest BCUT2D eigenvalue weighted by molar-refractivity contribution is 6.29. The van der Waals surface area contributed by atoms with Crippen LogP contribution in [-0.4, -0.2) is 27.9 Å². The van der Waals surface area contributed by atoms with Gasteiger partial charge in [-0.3, -0.25) is 9.59 Å². The van der Waals surface area contributed by atoms with Crippen molar-refractivity contribution in [3.63, 3.8) is 0 Å². The van der Waals surface area contributed by atoms with Crippen LogP contribution in [0.5, 0.6) is 0 Å². The summed E-state index contributed by atoms with van der Waals surface area (Å²) in [6, 6.07) is 11.1. The molecule has 2 aromatic carbocycles. The lowest BCUT2D eigenvalue weighted by Gasteiger charge is -2.10. The molecule has 0 radical (unpaired) electrons. The standard InChI is InChI=1S/C20H21ClN4O2/c1-12-4-5-13(2)16(10-12)23-18(26)8-9-22-19(27)14-6-7-15-17(11-14)25(3)20(21)24-15/h4-7,10-11H,8-9H2,1-3H3,(H,22,27)(H,23,26). The molecule has 0 spiro atoms. The van der Waals surface area contributed by atoms with Gasteiger partial charge in [0.1, 0.15) is 0 Å². The Balaban J connectivity index is 1.57. The summed E-state index contributed by atoms with van der Waals surface area (Å²) < 4.78 is 1.71. The van der Waals surface area contributed by atoms with Crippen LogP contribution >= 0.6 is 11.6 Å². The molecule has 0 unspecified atom stereocenters. The van der Waals surface area contributed by atoms with Crippen LogP contribution in [0.2, 0.25) is 5.28 Å². The first-order valence-corrected chi connectivity index (χ1v) is 9.00. The lowest BCUT2D eigenvalue weighted by Crippen LogP contribution is -2.27. The lowest BCUT2D eigenvalue weighted by atomic mass is 10.1. The molecule has 27 heavy (non-hydrogen) atoms. The number of carbonyl (C=O) groups is 2. The Bertz CT molecular complexity index is 1030. The van der Waals surface area contributed by atoms with Crippen LogP contribution in [0.3, 0.4) is 0 Å². The van der Waals surface area contributed by atoms with Crippen molar-refractivity contribution in [1.82, 2.24) is 14.9 Å². The number of aryl methyl sites for hydroxylation is 3. The molecule has 140 valence electrons. The molecule has 0 aliphatic carbocycles. The predicted molar refractivity (Wildman–Crippen MR) is 107 cm³/mol. The fourth-order valence-corrected chi connectivity index (χ4v) is 2.96. The Morgan fingerprint density at radius 2 is 1.93 bits per heavy atom. The third-order valence-electron chi connectivity index (χ3n) is 4.39. The second-order valence-corrected chi connectivity index (χ2v) is 6.85. The van der Waals surface area contributed by atoms with E-state index in [2.05, 4.69) is 15.6 Å². The molecular weight excluding hydrogens is 364 g/mol. The first kappa shape index (κ1) is 18.9. The molecule has 0 saturated carbocycles. The van der Waals surface area contributed by atoms with E-state index in [0.717, 1.165) is 27.8 Å². The third-order valence-corrected chi connectivity index (χ3v) is 4.73. The molecule has 3 aromatic rings. The van der Waals surface area contributed by atoms with Gasteiger partial charge in [-0.15, -0.1) is 0 Å². The number of carbonyl (C=O) groups excluding carboxylic acids is 2. The number of anilines is 1. The molecule has 1 aromatic heterocycles. The summed E-state index contributed by atoms with van der Waals surface area (Å²) in [6.45, 7) is 4.17. The molecule has 0 aliphatic rings. The van der Waals surface area contributed by atoms with Crippen LogP contribution in [0.25, 0.3) is 11.0 Å². The zero-order chi connectivity index (χ0) is 19.6. The zero-order valence-corrected chi connectivity index (χ0v) is 16.2. The van der Waals surface area contributed by atoms with E-state index in [1.165, 1.54) is 0 Å². The zero-order valence-electron chi connectivity index (χ0n) is 15.5. The molecule has 2 N–H and O–H groups in total. The Morgan fingerprint density at radius 3 is 2.70 bits per heavy atom. The summed E-state index contributed by atoms with van der Waals surface area (Å²) >= 11 is 6.00. The van der Waals surface area contributed by atoms with Gasteiger partial charge in [0.2, 0.25) is 11.2 Å². The van der Waals surface area contributed by atoms with Gasteiger partial charge >= 0.3 is 0 Å². The van der Waals surface area contributed by atoms with Gasteiger partial charge in [-0.05, 0) is 60.8 Å². The fraction of sp³-hybridized carbons (Fsp3) is 0.250. The Kier molecular flexibility index (Phi) is 5.46. The SMILES string of the molecule is Cc1ccc(C)c(NC(=O)CCNC(=O)c2ccc3nc(Cl)n(C)c3c2)c1. The number of fused-ring (bicyclic) bond motifs is 1. The van der Waals surface area contributed by atoms with Crippen LogP contribution in [0.15, 0.2) is 36.4 Å². The molecule has 1 heterocycles. The minimum absolute atomic E-state index is 0.141. The molecule has 2 amide bonds. The van der Waals surface area contributed by atoms with E-state index in [-0.39, 0.29) is 24.8 Å². The number of hydrogen-bond donors (Lipinski definition) is 2. The van der Waals surface area contributed by atoms with E-state index >= 15 is 0 Å². The van der Waals surface area contributed by atoms with Gasteiger partial charge in [-0.2, -0.15) is 0 Å². The van der Waals surface area contributed by atoms with Gasteiger partial charge in [-0.1, -0.05) is 12.1 Å². The summed E-state index contributed by atoms with van der Waals surface area (Å²) in [5, 5.41) is 6.02. The quantitative estimate of drug-likeness (QED) is 0.705. The number of rotatable bonds is 5. The molecule has 0 aliphatic heterocycles. The van der Waals surface area contributed by atoms with Crippen molar-refractivity contribution in [2.75, 3.05) is 11.9 Å². The number of hydrogen-bond acceptors (Lipinski definition) is 3. The van der Waals surface area contributed by atoms with E-state index in [0.29, 0.717) is 10.8 Å². The van der Waals surface area contributed by atoms with Crippen molar-refractivity contribution in [2.24, 2.45) is 7.05 Å². The molecular formula is C20H21ClN4O2. The Morgan fingerprint density at radius 1 is 1.15 bits per heavy atom. The molecule has 7 heteroatoms. The minimum Gasteiger partial charge on any atom is -0.352 e. The minimum atomic E-state index is -0.242. The van der Waals surface area contributed by atoms with Crippen molar-refractivity contribution in [1.29, 1.82) is 0 Å². The first-order valence-electron chi connectivity index (χ1n) is 8.62. The van der Waals surface area contributed by atoms with E-state index in [4.69, 9.17) is 11.6 Å². The van der Waals surface area contributed by atoms with Crippen molar-refractivity contribution in [3.05, 3.63) is 58.4 Å². The van der Waals surface area contributed by atoms with Gasteiger partial charge < -0.3 is 15.2 Å². The van der Waals surface area contributed by atoms with Gasteiger partial charge in [0, 0.05) is 31.3 Å². The van der Waals surface area contributed by atoms with Crippen LogP contribution < -0.4 is 10.6 Å². The molecule has 6 nitrogen and oxygen atoms in total. The average Bonchev–Trinajstić information content (AvgIpc) is 2.92. The Hall–Kier alpha value is -2.86. The van der Waals surface area contributed by atoms with E-state index in [9.17, 15) is 9.59 Å². The summed E-state index contributed by atoms with van der Waals surface area (Å²) in [5.41, 5.74) is 4.88. The summed E-state index contributed by atoms with van der Waals surface area (Å²) in [4.78, 5) is 28.7.